The number of benzene rings is 2. The van der Waals surface area contributed by atoms with Crippen LogP contribution in [0.3, 0.4) is 0 Å². The molecule has 142 valence electrons. The molecule has 0 atom stereocenters. The van der Waals surface area contributed by atoms with E-state index in [1.54, 1.807) is 23.1 Å². The van der Waals surface area contributed by atoms with Crippen molar-refractivity contribution in [2.24, 2.45) is 0 Å². The Hall–Kier alpha value is -2.78. The zero-order valence-electron chi connectivity index (χ0n) is 14.5. The molecule has 0 radical (unpaired) electrons. The zero-order valence-corrected chi connectivity index (χ0v) is 16.1. The molecule has 28 heavy (non-hydrogen) atoms. The van der Waals surface area contributed by atoms with Crippen LogP contribution in [0.1, 0.15) is 5.56 Å². The first-order valence-corrected chi connectivity index (χ1v) is 10.3. The highest BCUT2D eigenvalue weighted by Gasteiger charge is 2.26. The van der Waals surface area contributed by atoms with Gasteiger partial charge in [0.1, 0.15) is 5.82 Å². The summed E-state index contributed by atoms with van der Waals surface area (Å²) in [5, 5.41) is 12.8. The third kappa shape index (κ3) is 3.76. The first-order valence-electron chi connectivity index (χ1n) is 8.43. The highest BCUT2D eigenvalue weighted by molar-refractivity contribution is 8.01. The van der Waals surface area contributed by atoms with Gasteiger partial charge in [0.2, 0.25) is 5.91 Å². The lowest BCUT2D eigenvalue weighted by molar-refractivity contribution is -0.384. The largest absolute Gasteiger partial charge is 0.311 e. The summed E-state index contributed by atoms with van der Waals surface area (Å²) in [6, 6.07) is 10.7. The number of thioether (sulfide) groups is 1. The van der Waals surface area contributed by atoms with Gasteiger partial charge in [0.15, 0.2) is 4.34 Å². The van der Waals surface area contributed by atoms with Crippen molar-refractivity contribution < 1.29 is 14.1 Å². The summed E-state index contributed by atoms with van der Waals surface area (Å²) in [7, 11) is 0. The summed E-state index contributed by atoms with van der Waals surface area (Å²) in [5.74, 6) is -0.126. The van der Waals surface area contributed by atoms with Crippen LogP contribution < -0.4 is 4.90 Å². The molecule has 0 fully saturated rings. The summed E-state index contributed by atoms with van der Waals surface area (Å²) in [5.41, 5.74) is 3.17. The number of anilines is 1. The number of rotatable bonds is 5. The quantitative estimate of drug-likeness (QED) is 0.347. The van der Waals surface area contributed by atoms with E-state index in [4.69, 9.17) is 0 Å². The fraction of sp³-hybridized carbons (Fsp3) is 0.158. The van der Waals surface area contributed by atoms with Crippen molar-refractivity contribution in [1.29, 1.82) is 0 Å². The van der Waals surface area contributed by atoms with E-state index in [-0.39, 0.29) is 23.2 Å². The number of hydrogen-bond acceptors (Lipinski definition) is 6. The Kier molecular flexibility index (Phi) is 5.10. The molecule has 9 heteroatoms. The zero-order chi connectivity index (χ0) is 19.7. The molecule has 0 spiro atoms. The van der Waals surface area contributed by atoms with Crippen molar-refractivity contribution in [3.8, 4) is 11.3 Å². The molecule has 1 amide bonds. The predicted molar refractivity (Wildman–Crippen MR) is 107 cm³/mol. The van der Waals surface area contributed by atoms with Crippen LogP contribution in [0.15, 0.2) is 52.2 Å². The van der Waals surface area contributed by atoms with E-state index in [2.05, 4.69) is 4.98 Å². The van der Waals surface area contributed by atoms with Crippen molar-refractivity contribution in [2.75, 3.05) is 17.2 Å². The summed E-state index contributed by atoms with van der Waals surface area (Å²) in [6.45, 7) is 0.522. The van der Waals surface area contributed by atoms with Crippen LogP contribution >= 0.6 is 23.1 Å². The van der Waals surface area contributed by atoms with E-state index in [1.807, 2.05) is 5.38 Å². The number of non-ortho nitro benzene ring substituents is 1. The van der Waals surface area contributed by atoms with E-state index in [9.17, 15) is 19.3 Å². The van der Waals surface area contributed by atoms with Gasteiger partial charge < -0.3 is 4.90 Å². The number of nitro groups is 1. The highest BCUT2D eigenvalue weighted by atomic mass is 32.2. The number of nitro benzene ring substituents is 1. The van der Waals surface area contributed by atoms with Gasteiger partial charge in [-0.15, -0.1) is 11.3 Å². The van der Waals surface area contributed by atoms with Crippen molar-refractivity contribution >= 4 is 40.4 Å². The maximum Gasteiger partial charge on any atom is 0.269 e. The van der Waals surface area contributed by atoms with Gasteiger partial charge in [-0.1, -0.05) is 11.8 Å². The Labute approximate surface area is 168 Å². The Morgan fingerprint density at radius 1 is 1.29 bits per heavy atom. The van der Waals surface area contributed by atoms with Crippen LogP contribution in [-0.2, 0) is 11.2 Å². The molecular formula is C19H14FN3O3S2. The molecule has 0 saturated carbocycles. The molecule has 2 heterocycles. The summed E-state index contributed by atoms with van der Waals surface area (Å²) >= 11 is 2.79. The second-order valence-corrected chi connectivity index (χ2v) is 8.24. The van der Waals surface area contributed by atoms with Gasteiger partial charge in [0, 0.05) is 35.3 Å². The van der Waals surface area contributed by atoms with Crippen LogP contribution in [0, 0.1) is 15.9 Å². The molecule has 1 aromatic heterocycles. The summed E-state index contributed by atoms with van der Waals surface area (Å²) < 4.78 is 13.8. The van der Waals surface area contributed by atoms with Crippen molar-refractivity contribution in [3.05, 3.63) is 69.3 Å². The molecule has 0 unspecified atom stereocenters. The van der Waals surface area contributed by atoms with Crippen LogP contribution in [0.2, 0.25) is 0 Å². The molecule has 0 aliphatic carbocycles. The van der Waals surface area contributed by atoms with Crippen LogP contribution in [0.25, 0.3) is 11.3 Å². The van der Waals surface area contributed by atoms with E-state index in [0.29, 0.717) is 13.0 Å². The van der Waals surface area contributed by atoms with Crippen LogP contribution in [-0.4, -0.2) is 28.1 Å². The number of carbonyl (C=O) groups excluding carboxylic acids is 1. The maximum atomic E-state index is 13.0. The molecule has 2 aromatic carbocycles. The fourth-order valence-electron chi connectivity index (χ4n) is 3.04. The Morgan fingerprint density at radius 2 is 2.07 bits per heavy atom. The smallest absolute Gasteiger partial charge is 0.269 e. The minimum absolute atomic E-state index is 0.0403. The summed E-state index contributed by atoms with van der Waals surface area (Å²) in [6.07, 6.45) is 0.611. The van der Waals surface area contributed by atoms with Gasteiger partial charge in [-0.3, -0.25) is 14.9 Å². The van der Waals surface area contributed by atoms with Crippen molar-refractivity contribution in [3.63, 3.8) is 0 Å². The SMILES string of the molecule is O=C(CSc1nc(-c2ccc(F)cc2)cs1)N1CCc2cc([N+](=O)[O-])ccc21. The van der Waals surface area contributed by atoms with E-state index >= 15 is 0 Å². The maximum absolute atomic E-state index is 13.0. The molecule has 4 rings (SSSR count). The second kappa shape index (κ2) is 7.69. The average Bonchev–Trinajstić information content (AvgIpc) is 3.33. The average molecular weight is 415 g/mol. The third-order valence-electron chi connectivity index (χ3n) is 4.41. The van der Waals surface area contributed by atoms with E-state index < -0.39 is 4.92 Å². The number of nitrogens with zero attached hydrogens (tertiary/aromatic N) is 3. The summed E-state index contributed by atoms with van der Waals surface area (Å²) in [4.78, 5) is 29.3. The van der Waals surface area contributed by atoms with E-state index in [1.165, 1.54) is 47.4 Å². The molecule has 1 aliphatic rings. The molecule has 0 bridgehead atoms. The molecular weight excluding hydrogens is 401 g/mol. The van der Waals surface area contributed by atoms with Crippen LogP contribution in [0.5, 0.6) is 0 Å². The number of amides is 1. The Balaban J connectivity index is 1.41. The Morgan fingerprint density at radius 3 is 2.82 bits per heavy atom. The molecule has 0 saturated heterocycles. The Bertz CT molecular complexity index is 1050. The second-order valence-electron chi connectivity index (χ2n) is 6.16. The lowest BCUT2D eigenvalue weighted by Crippen LogP contribution is -2.30. The van der Waals surface area contributed by atoms with Crippen molar-refractivity contribution in [2.45, 2.75) is 10.8 Å². The monoisotopic (exact) mass is 415 g/mol. The van der Waals surface area contributed by atoms with Gasteiger partial charge in [-0.25, -0.2) is 9.37 Å². The topological polar surface area (TPSA) is 76.3 Å². The predicted octanol–water partition coefficient (Wildman–Crippen LogP) is 4.54. The van der Waals surface area contributed by atoms with Gasteiger partial charge in [0.25, 0.3) is 5.69 Å². The van der Waals surface area contributed by atoms with Crippen LogP contribution in [0.4, 0.5) is 15.8 Å². The lowest BCUT2D eigenvalue weighted by Gasteiger charge is -2.16. The number of hydrogen-bond donors (Lipinski definition) is 0. The van der Waals surface area contributed by atoms with Crippen molar-refractivity contribution in [1.82, 2.24) is 4.98 Å². The molecule has 0 N–H and O–H groups in total. The van der Waals surface area contributed by atoms with Gasteiger partial charge in [0.05, 0.1) is 16.4 Å². The minimum Gasteiger partial charge on any atom is -0.311 e. The number of halogens is 1. The van der Waals surface area contributed by atoms with Gasteiger partial charge >= 0.3 is 0 Å². The minimum atomic E-state index is -0.429. The third-order valence-corrected chi connectivity index (χ3v) is 6.42. The van der Waals surface area contributed by atoms with Gasteiger partial charge in [-0.05, 0) is 42.3 Å². The number of fused-ring (bicyclic) bond motifs is 1. The molecule has 3 aromatic rings. The number of aromatic nitrogens is 1. The number of thiazole rings is 1. The van der Waals surface area contributed by atoms with E-state index in [0.717, 1.165) is 26.8 Å². The molecule has 6 nitrogen and oxygen atoms in total. The number of carbonyl (C=O) groups is 1. The normalized spacial score (nSPS) is 12.8. The first-order chi connectivity index (χ1) is 13.5. The highest BCUT2D eigenvalue weighted by Crippen LogP contribution is 2.33. The molecule has 1 aliphatic heterocycles. The first kappa shape index (κ1) is 18.6. The lowest BCUT2D eigenvalue weighted by atomic mass is 10.1. The fourth-order valence-corrected chi connectivity index (χ4v) is 4.75. The standard InChI is InChI=1S/C19H14FN3O3S2/c20-14-3-1-12(2-4-14)16-10-27-19(21-16)28-11-18(24)22-8-7-13-9-15(23(25)26)5-6-17(13)22/h1-6,9-10H,7-8,11H2. The van der Waals surface area contributed by atoms with Gasteiger partial charge in [-0.2, -0.15) is 0 Å².